The molecule has 0 saturated carbocycles. The van der Waals surface area contributed by atoms with Crippen LogP contribution in [0.3, 0.4) is 0 Å². The Balaban J connectivity index is 1.17. The van der Waals surface area contributed by atoms with Gasteiger partial charge >= 0.3 is 5.97 Å². The first-order chi connectivity index (χ1) is 17.2. The number of aromatic amines is 1. The van der Waals surface area contributed by atoms with Crippen LogP contribution in [0.4, 0.5) is 0 Å². The van der Waals surface area contributed by atoms with Gasteiger partial charge in [0.2, 0.25) is 0 Å². The third kappa shape index (κ3) is 6.83. The molecular weight excluding hydrogens is 446 g/mol. The number of aromatic nitrogens is 3. The minimum atomic E-state index is -0.508. The number of nitrogens with zero attached hydrogens (tertiary/aromatic N) is 2. The smallest absolute Gasteiger partial charge is 0.361 e. The first kappa shape index (κ1) is 23.8. The molecule has 0 amide bonds. The summed E-state index contributed by atoms with van der Waals surface area (Å²) < 4.78 is 22.4. The molecule has 0 aliphatic rings. The lowest BCUT2D eigenvalue weighted by Crippen LogP contribution is -2.07. The molecule has 0 fully saturated rings. The highest BCUT2D eigenvalue weighted by atomic mass is 16.5. The van der Waals surface area contributed by atoms with E-state index in [-0.39, 0.29) is 12.3 Å². The van der Waals surface area contributed by atoms with E-state index in [0.29, 0.717) is 25.5 Å². The van der Waals surface area contributed by atoms with Gasteiger partial charge in [-0.05, 0) is 61.0 Å². The second kappa shape index (κ2) is 12.2. The van der Waals surface area contributed by atoms with Crippen molar-refractivity contribution in [2.24, 2.45) is 0 Å². The van der Waals surface area contributed by atoms with E-state index in [1.165, 1.54) is 0 Å². The van der Waals surface area contributed by atoms with Crippen LogP contribution in [0.1, 0.15) is 29.4 Å². The zero-order valence-electron chi connectivity index (χ0n) is 19.5. The number of ether oxygens (including phenoxy) is 4. The Labute approximate surface area is 203 Å². The van der Waals surface area contributed by atoms with E-state index in [2.05, 4.69) is 15.4 Å². The Bertz CT molecular complexity index is 1190. The van der Waals surface area contributed by atoms with Crippen molar-refractivity contribution in [3.8, 4) is 28.5 Å². The van der Waals surface area contributed by atoms with Crippen molar-refractivity contribution in [1.29, 1.82) is 0 Å². The van der Waals surface area contributed by atoms with E-state index in [9.17, 15) is 4.79 Å². The normalized spacial score (nSPS) is 10.5. The summed E-state index contributed by atoms with van der Waals surface area (Å²) in [5, 5.41) is 10.4. The second-order valence-corrected chi connectivity index (χ2v) is 7.56. The fourth-order valence-corrected chi connectivity index (χ4v) is 3.29. The van der Waals surface area contributed by atoms with Crippen molar-refractivity contribution in [3.63, 3.8) is 0 Å². The van der Waals surface area contributed by atoms with Gasteiger partial charge in [0.05, 0.1) is 19.8 Å². The molecule has 0 bridgehead atoms. The molecule has 0 radical (unpaired) electrons. The second-order valence-electron chi connectivity index (χ2n) is 7.56. The maximum Gasteiger partial charge on any atom is 0.361 e. The minimum Gasteiger partial charge on any atom is -0.493 e. The Morgan fingerprint density at radius 2 is 1.37 bits per heavy atom. The monoisotopic (exact) mass is 473 g/mol. The summed E-state index contributed by atoms with van der Waals surface area (Å²) in [5.41, 5.74) is 2.48. The van der Waals surface area contributed by atoms with Crippen molar-refractivity contribution >= 4 is 5.97 Å². The Morgan fingerprint density at radius 3 is 2.00 bits per heavy atom. The van der Waals surface area contributed by atoms with Crippen molar-refractivity contribution in [3.05, 3.63) is 90.1 Å². The average molecular weight is 474 g/mol. The number of hydrogen-bond donors (Lipinski definition) is 1. The maximum atomic E-state index is 12.0. The molecule has 0 unspecified atom stereocenters. The first-order valence-electron chi connectivity index (χ1n) is 11.4. The number of esters is 1. The van der Waals surface area contributed by atoms with Crippen LogP contribution >= 0.6 is 0 Å². The summed E-state index contributed by atoms with van der Waals surface area (Å²) >= 11 is 0. The standard InChI is InChI=1S/C27H27N3O5/c1-2-32-27(31)26-25(28-30-29-26)21-9-11-22(12-10-21)33-17-6-18-34-23-13-15-24(16-14-23)35-19-20-7-4-3-5-8-20/h3-5,7-16H,2,6,17-19H2,1H3,(H,28,29,30). The largest absolute Gasteiger partial charge is 0.493 e. The fourth-order valence-electron chi connectivity index (χ4n) is 3.29. The maximum absolute atomic E-state index is 12.0. The van der Waals surface area contributed by atoms with Crippen LogP contribution in [-0.4, -0.2) is 41.2 Å². The van der Waals surface area contributed by atoms with Crippen LogP contribution in [0.25, 0.3) is 11.3 Å². The molecule has 1 heterocycles. The lowest BCUT2D eigenvalue weighted by Gasteiger charge is -2.10. The Morgan fingerprint density at radius 1 is 0.771 bits per heavy atom. The van der Waals surface area contributed by atoms with Crippen LogP contribution in [0.5, 0.6) is 17.2 Å². The van der Waals surface area contributed by atoms with E-state index in [1.54, 1.807) is 6.92 Å². The van der Waals surface area contributed by atoms with Gasteiger partial charge < -0.3 is 18.9 Å². The molecule has 1 aromatic heterocycles. The van der Waals surface area contributed by atoms with Crippen molar-refractivity contribution in [2.45, 2.75) is 20.0 Å². The molecule has 8 nitrogen and oxygen atoms in total. The molecule has 4 aromatic rings. The quantitative estimate of drug-likeness (QED) is 0.227. The molecule has 0 aliphatic carbocycles. The molecule has 35 heavy (non-hydrogen) atoms. The zero-order valence-corrected chi connectivity index (χ0v) is 19.5. The summed E-state index contributed by atoms with van der Waals surface area (Å²) in [6.07, 6.45) is 0.726. The number of benzene rings is 3. The molecule has 0 atom stereocenters. The Hall–Kier alpha value is -4.33. The summed E-state index contributed by atoms with van der Waals surface area (Å²) in [7, 11) is 0. The molecule has 3 aromatic carbocycles. The summed E-state index contributed by atoms with van der Waals surface area (Å²) in [5.74, 6) is 1.79. The molecule has 0 spiro atoms. The van der Waals surface area contributed by atoms with Gasteiger partial charge in [-0.25, -0.2) is 4.79 Å². The van der Waals surface area contributed by atoms with Crippen LogP contribution < -0.4 is 14.2 Å². The van der Waals surface area contributed by atoms with Gasteiger partial charge in [0.15, 0.2) is 5.69 Å². The highest BCUT2D eigenvalue weighted by molar-refractivity contribution is 5.93. The molecule has 4 rings (SSSR count). The first-order valence-corrected chi connectivity index (χ1v) is 11.4. The van der Waals surface area contributed by atoms with Crippen molar-refractivity contribution in [2.75, 3.05) is 19.8 Å². The number of nitrogens with one attached hydrogen (secondary N) is 1. The number of carbonyl (C=O) groups excluding carboxylic acids is 1. The fraction of sp³-hybridized carbons (Fsp3) is 0.222. The van der Waals surface area contributed by atoms with E-state index < -0.39 is 5.97 Å². The van der Waals surface area contributed by atoms with Gasteiger partial charge in [-0.2, -0.15) is 10.3 Å². The summed E-state index contributed by atoms with van der Waals surface area (Å²) in [6.45, 7) is 3.59. The topological polar surface area (TPSA) is 95.6 Å². The van der Waals surface area contributed by atoms with Crippen LogP contribution in [0.15, 0.2) is 78.9 Å². The van der Waals surface area contributed by atoms with Crippen molar-refractivity contribution in [1.82, 2.24) is 15.4 Å². The summed E-state index contributed by atoms with van der Waals surface area (Å²) in [6, 6.07) is 25.0. The molecule has 0 aliphatic heterocycles. The Kier molecular flexibility index (Phi) is 8.32. The van der Waals surface area contributed by atoms with Crippen LogP contribution in [-0.2, 0) is 11.3 Å². The molecule has 180 valence electrons. The molecular formula is C27H27N3O5. The predicted molar refractivity (Wildman–Crippen MR) is 131 cm³/mol. The number of rotatable bonds is 12. The molecule has 0 saturated heterocycles. The van der Waals surface area contributed by atoms with E-state index in [0.717, 1.165) is 34.8 Å². The number of hydrogen-bond acceptors (Lipinski definition) is 7. The predicted octanol–water partition coefficient (Wildman–Crippen LogP) is 5.08. The van der Waals surface area contributed by atoms with Crippen LogP contribution in [0.2, 0.25) is 0 Å². The molecule has 1 N–H and O–H groups in total. The van der Waals surface area contributed by atoms with Gasteiger partial charge in [-0.3, -0.25) is 0 Å². The average Bonchev–Trinajstić information content (AvgIpc) is 3.39. The van der Waals surface area contributed by atoms with E-state index >= 15 is 0 Å². The minimum absolute atomic E-state index is 0.161. The van der Waals surface area contributed by atoms with E-state index in [1.807, 2.05) is 78.9 Å². The number of carbonyl (C=O) groups is 1. The lowest BCUT2D eigenvalue weighted by atomic mass is 10.1. The summed E-state index contributed by atoms with van der Waals surface area (Å²) in [4.78, 5) is 12.0. The van der Waals surface area contributed by atoms with Gasteiger partial charge in [0.1, 0.15) is 29.5 Å². The van der Waals surface area contributed by atoms with Gasteiger partial charge in [-0.15, -0.1) is 5.10 Å². The third-order valence-electron chi connectivity index (χ3n) is 5.04. The highest BCUT2D eigenvalue weighted by Gasteiger charge is 2.18. The lowest BCUT2D eigenvalue weighted by molar-refractivity contribution is 0.0520. The van der Waals surface area contributed by atoms with E-state index in [4.69, 9.17) is 18.9 Å². The van der Waals surface area contributed by atoms with Gasteiger partial charge in [-0.1, -0.05) is 30.3 Å². The van der Waals surface area contributed by atoms with Gasteiger partial charge in [0, 0.05) is 12.0 Å². The van der Waals surface area contributed by atoms with Crippen molar-refractivity contribution < 1.29 is 23.7 Å². The molecule has 8 heteroatoms. The van der Waals surface area contributed by atoms with Crippen LogP contribution in [0, 0.1) is 0 Å². The number of H-pyrrole nitrogens is 1. The SMILES string of the molecule is CCOC(=O)c1n[nH]nc1-c1ccc(OCCCOc2ccc(OCc3ccccc3)cc2)cc1. The third-order valence-corrected chi connectivity index (χ3v) is 5.04. The highest BCUT2D eigenvalue weighted by Crippen LogP contribution is 2.23. The zero-order chi connectivity index (χ0) is 24.3. The van der Waals surface area contributed by atoms with Gasteiger partial charge in [0.25, 0.3) is 0 Å².